The number of hydrogen-bond acceptors (Lipinski definition) is 1. The van der Waals surface area contributed by atoms with Crippen molar-refractivity contribution in [2.75, 3.05) is 0 Å². The number of aromatic nitrogens is 1. The molecule has 3 nitrogen and oxygen atoms in total. The van der Waals surface area contributed by atoms with Crippen LogP contribution in [0.1, 0.15) is 29.6 Å². The second-order valence-electron chi connectivity index (χ2n) is 5.45. The Kier molecular flexibility index (Phi) is 2.28. The molecule has 4 rings (SSSR count). The molecule has 1 saturated heterocycles. The summed E-state index contributed by atoms with van der Waals surface area (Å²) in [6.45, 7) is 0. The Morgan fingerprint density at radius 3 is 3.11 bits per heavy atom. The summed E-state index contributed by atoms with van der Waals surface area (Å²) in [5.41, 5.74) is 1.89. The lowest BCUT2D eigenvalue weighted by Gasteiger charge is -2.31. The second kappa shape index (κ2) is 3.98. The molecule has 19 heavy (non-hydrogen) atoms. The molecule has 0 radical (unpaired) electrons. The fourth-order valence-electron chi connectivity index (χ4n) is 3.38. The van der Waals surface area contributed by atoms with Gasteiger partial charge in [0.25, 0.3) is 5.91 Å². The second-order valence-corrected chi connectivity index (χ2v) is 5.45. The Morgan fingerprint density at radius 2 is 2.21 bits per heavy atom. The van der Waals surface area contributed by atoms with Gasteiger partial charge in [0.1, 0.15) is 0 Å². The molecule has 1 aromatic heterocycles. The van der Waals surface area contributed by atoms with Gasteiger partial charge in [-0.1, -0.05) is 12.2 Å². The topological polar surface area (TPSA) is 36.1 Å². The fourth-order valence-corrected chi connectivity index (χ4v) is 3.38. The number of hydrogen-bond donors (Lipinski definition) is 1. The molecule has 0 spiro atoms. The lowest BCUT2D eigenvalue weighted by Crippen LogP contribution is -2.42. The molecule has 3 heterocycles. The standard InChI is InChI=1S/C16H16N2O/c19-16(18-13-2-1-3-14(18)6-5-13)12-4-7-15-11(10-12)8-9-17-15/h1-2,4,7-10,13-14,17H,3,5-6H2. The van der Waals surface area contributed by atoms with Gasteiger partial charge < -0.3 is 9.88 Å². The third kappa shape index (κ3) is 1.61. The van der Waals surface area contributed by atoms with Crippen LogP contribution in [-0.4, -0.2) is 27.9 Å². The number of carbonyl (C=O) groups is 1. The van der Waals surface area contributed by atoms with E-state index in [0.29, 0.717) is 12.1 Å². The van der Waals surface area contributed by atoms with Crippen molar-refractivity contribution in [3.8, 4) is 0 Å². The highest BCUT2D eigenvalue weighted by atomic mass is 16.2. The number of carbonyl (C=O) groups excluding carboxylic acids is 1. The van der Waals surface area contributed by atoms with Crippen LogP contribution in [0.5, 0.6) is 0 Å². The van der Waals surface area contributed by atoms with E-state index in [4.69, 9.17) is 0 Å². The maximum atomic E-state index is 12.7. The van der Waals surface area contributed by atoms with Crippen molar-refractivity contribution in [1.82, 2.24) is 9.88 Å². The summed E-state index contributed by atoms with van der Waals surface area (Å²) in [5.74, 6) is 0.181. The zero-order chi connectivity index (χ0) is 12.8. The lowest BCUT2D eigenvalue weighted by molar-refractivity contribution is 0.0689. The van der Waals surface area contributed by atoms with Gasteiger partial charge in [0, 0.05) is 28.7 Å². The normalized spacial score (nSPS) is 25.2. The Balaban J connectivity index is 1.71. The molecule has 1 fully saturated rings. The van der Waals surface area contributed by atoms with Crippen LogP contribution < -0.4 is 0 Å². The highest BCUT2D eigenvalue weighted by Gasteiger charge is 2.37. The van der Waals surface area contributed by atoms with Crippen LogP contribution in [0.25, 0.3) is 10.9 Å². The number of aromatic amines is 1. The Hall–Kier alpha value is -2.03. The van der Waals surface area contributed by atoms with Crippen LogP contribution in [0.2, 0.25) is 0 Å². The molecule has 1 aromatic carbocycles. The van der Waals surface area contributed by atoms with Crippen LogP contribution in [0, 0.1) is 0 Å². The minimum Gasteiger partial charge on any atom is -0.361 e. The van der Waals surface area contributed by atoms with Gasteiger partial charge in [-0.2, -0.15) is 0 Å². The molecule has 2 atom stereocenters. The van der Waals surface area contributed by atoms with Gasteiger partial charge in [-0.05, 0) is 43.5 Å². The maximum absolute atomic E-state index is 12.7. The van der Waals surface area contributed by atoms with Crippen molar-refractivity contribution in [1.29, 1.82) is 0 Å². The quantitative estimate of drug-likeness (QED) is 0.778. The predicted molar refractivity (Wildman–Crippen MR) is 75.0 cm³/mol. The van der Waals surface area contributed by atoms with Crippen LogP contribution in [0.3, 0.4) is 0 Å². The van der Waals surface area contributed by atoms with Gasteiger partial charge in [0.05, 0.1) is 6.04 Å². The van der Waals surface area contributed by atoms with Gasteiger partial charge >= 0.3 is 0 Å². The summed E-state index contributed by atoms with van der Waals surface area (Å²) in [4.78, 5) is 17.9. The molecule has 0 saturated carbocycles. The average Bonchev–Trinajstić information content (AvgIpc) is 2.99. The monoisotopic (exact) mass is 252 g/mol. The highest BCUT2D eigenvalue weighted by Crippen LogP contribution is 2.33. The first-order chi connectivity index (χ1) is 9.33. The van der Waals surface area contributed by atoms with Crippen LogP contribution in [0.15, 0.2) is 42.6 Å². The summed E-state index contributed by atoms with van der Waals surface area (Å²) in [6, 6.07) is 8.64. The molecule has 2 bridgehead atoms. The van der Waals surface area contributed by atoms with Crippen molar-refractivity contribution in [2.24, 2.45) is 0 Å². The zero-order valence-corrected chi connectivity index (χ0v) is 10.7. The number of nitrogens with zero attached hydrogens (tertiary/aromatic N) is 1. The van der Waals surface area contributed by atoms with E-state index in [1.807, 2.05) is 30.5 Å². The first-order valence-corrected chi connectivity index (χ1v) is 6.89. The Labute approximate surface area is 111 Å². The van der Waals surface area contributed by atoms with E-state index in [1.165, 1.54) is 0 Å². The summed E-state index contributed by atoms with van der Waals surface area (Å²) >= 11 is 0. The molecule has 1 amide bonds. The predicted octanol–water partition coefficient (Wildman–Crippen LogP) is 3.10. The number of benzene rings is 1. The van der Waals surface area contributed by atoms with Gasteiger partial charge in [0.15, 0.2) is 0 Å². The van der Waals surface area contributed by atoms with Gasteiger partial charge in [0.2, 0.25) is 0 Å². The van der Waals surface area contributed by atoms with Crippen molar-refractivity contribution in [3.63, 3.8) is 0 Å². The highest BCUT2D eigenvalue weighted by molar-refractivity contribution is 5.98. The minimum absolute atomic E-state index is 0.181. The van der Waals surface area contributed by atoms with Crippen molar-refractivity contribution < 1.29 is 4.79 Å². The molecule has 3 heteroatoms. The van der Waals surface area contributed by atoms with Gasteiger partial charge in [-0.15, -0.1) is 0 Å². The van der Waals surface area contributed by atoms with Gasteiger partial charge in [-0.3, -0.25) is 4.79 Å². The maximum Gasteiger partial charge on any atom is 0.254 e. The molecular formula is C16H16N2O. The van der Waals surface area contributed by atoms with Crippen molar-refractivity contribution in [2.45, 2.75) is 31.3 Å². The van der Waals surface area contributed by atoms with Crippen LogP contribution in [-0.2, 0) is 0 Å². The van der Waals surface area contributed by atoms with E-state index in [9.17, 15) is 4.79 Å². The third-order valence-corrected chi connectivity index (χ3v) is 4.35. The molecule has 1 N–H and O–H groups in total. The smallest absolute Gasteiger partial charge is 0.254 e. The minimum atomic E-state index is 0.181. The fraction of sp³-hybridized carbons (Fsp3) is 0.312. The SMILES string of the molecule is O=C(c1ccc2[nH]ccc2c1)N1C2C=CCC1CC2. The first-order valence-electron chi connectivity index (χ1n) is 6.89. The number of fused-ring (bicyclic) bond motifs is 3. The summed E-state index contributed by atoms with van der Waals surface area (Å²) < 4.78 is 0. The largest absolute Gasteiger partial charge is 0.361 e. The summed E-state index contributed by atoms with van der Waals surface area (Å²) in [7, 11) is 0. The van der Waals surface area contributed by atoms with E-state index < -0.39 is 0 Å². The third-order valence-electron chi connectivity index (χ3n) is 4.35. The number of amides is 1. The van der Waals surface area contributed by atoms with E-state index in [1.54, 1.807) is 0 Å². The van der Waals surface area contributed by atoms with E-state index in [2.05, 4.69) is 22.0 Å². The number of nitrogens with one attached hydrogen (secondary N) is 1. The molecule has 2 aliphatic heterocycles. The molecule has 2 unspecified atom stereocenters. The van der Waals surface area contributed by atoms with Gasteiger partial charge in [-0.25, -0.2) is 0 Å². The van der Waals surface area contributed by atoms with Crippen molar-refractivity contribution >= 4 is 16.8 Å². The number of H-pyrrole nitrogens is 1. The molecule has 2 aliphatic rings. The van der Waals surface area contributed by atoms with E-state index in [0.717, 1.165) is 35.7 Å². The Morgan fingerprint density at radius 1 is 1.26 bits per heavy atom. The van der Waals surface area contributed by atoms with Crippen molar-refractivity contribution in [3.05, 3.63) is 48.2 Å². The van der Waals surface area contributed by atoms with E-state index in [-0.39, 0.29) is 5.91 Å². The Bertz CT molecular complexity index is 670. The molecule has 96 valence electrons. The first kappa shape index (κ1) is 10.9. The molecule has 2 aromatic rings. The molecule has 0 aliphatic carbocycles. The molecular weight excluding hydrogens is 236 g/mol. The summed E-state index contributed by atoms with van der Waals surface area (Å²) in [5, 5.41) is 1.10. The lowest BCUT2D eigenvalue weighted by atomic mass is 10.1. The average molecular weight is 252 g/mol. The summed E-state index contributed by atoms with van der Waals surface area (Å²) in [6.07, 6.45) is 9.58. The number of rotatable bonds is 1. The van der Waals surface area contributed by atoms with Crippen LogP contribution >= 0.6 is 0 Å². The van der Waals surface area contributed by atoms with E-state index >= 15 is 0 Å². The van der Waals surface area contributed by atoms with Crippen LogP contribution in [0.4, 0.5) is 0 Å². The zero-order valence-electron chi connectivity index (χ0n) is 10.7.